The molecule has 1 fully saturated rings. The van der Waals surface area contributed by atoms with Crippen LogP contribution >= 0.6 is 0 Å². The van der Waals surface area contributed by atoms with E-state index in [9.17, 15) is 4.79 Å². The fourth-order valence-corrected chi connectivity index (χ4v) is 2.65. The van der Waals surface area contributed by atoms with E-state index < -0.39 is 0 Å². The van der Waals surface area contributed by atoms with E-state index in [1.807, 2.05) is 18.2 Å². The highest BCUT2D eigenvalue weighted by Crippen LogP contribution is 2.26. The first-order chi connectivity index (χ1) is 8.20. The summed E-state index contributed by atoms with van der Waals surface area (Å²) in [6, 6.07) is 8.23. The maximum absolute atomic E-state index is 12.4. The summed E-state index contributed by atoms with van der Waals surface area (Å²) in [5.74, 6) is 0.432. The zero-order valence-electron chi connectivity index (χ0n) is 10.5. The Morgan fingerprint density at radius 2 is 2.24 bits per heavy atom. The Hall–Kier alpha value is -1.15. The average Bonchev–Trinajstić information content (AvgIpc) is 2.38. The van der Waals surface area contributed by atoms with Gasteiger partial charge < -0.3 is 5.73 Å². The van der Waals surface area contributed by atoms with Crippen LogP contribution in [0.5, 0.6) is 0 Å². The molecule has 2 heteroatoms. The Bertz CT molecular complexity index is 400. The van der Waals surface area contributed by atoms with Crippen LogP contribution in [0.4, 0.5) is 0 Å². The first kappa shape index (κ1) is 12.3. The summed E-state index contributed by atoms with van der Waals surface area (Å²) in [4.78, 5) is 12.4. The number of benzene rings is 1. The zero-order valence-corrected chi connectivity index (χ0v) is 10.5. The van der Waals surface area contributed by atoms with Crippen molar-refractivity contribution in [3.05, 3.63) is 35.4 Å². The minimum absolute atomic E-state index is 0.144. The molecule has 2 rings (SSSR count). The van der Waals surface area contributed by atoms with Gasteiger partial charge in [0.05, 0.1) is 0 Å². The molecule has 1 aliphatic rings. The third-order valence-corrected chi connectivity index (χ3v) is 3.71. The van der Waals surface area contributed by atoms with Crippen molar-refractivity contribution in [2.75, 3.05) is 0 Å². The Balaban J connectivity index is 2.12. The van der Waals surface area contributed by atoms with Gasteiger partial charge >= 0.3 is 0 Å². The number of nitrogens with two attached hydrogens (primary N) is 1. The van der Waals surface area contributed by atoms with Gasteiger partial charge in [-0.1, -0.05) is 31.5 Å². The molecule has 17 heavy (non-hydrogen) atoms. The summed E-state index contributed by atoms with van der Waals surface area (Å²) in [6.07, 6.45) is 4.99. The van der Waals surface area contributed by atoms with Gasteiger partial charge in [-0.05, 0) is 37.3 Å². The Morgan fingerprint density at radius 3 is 2.94 bits per heavy atom. The standard InChI is InChI=1S/C15H21NO/c1-2-11-5-3-6-12(9-11)15(17)13-7-4-8-14(16)10-13/h3,5-6,9,13-14H,2,4,7-8,10,16H2,1H3. The van der Waals surface area contributed by atoms with Crippen LogP contribution < -0.4 is 5.73 Å². The molecule has 1 aromatic rings. The lowest BCUT2D eigenvalue weighted by molar-refractivity contribution is 0.0881. The minimum Gasteiger partial charge on any atom is -0.328 e. The van der Waals surface area contributed by atoms with E-state index in [1.165, 1.54) is 5.56 Å². The second-order valence-corrected chi connectivity index (χ2v) is 5.04. The van der Waals surface area contributed by atoms with Gasteiger partial charge in [0.1, 0.15) is 0 Å². The van der Waals surface area contributed by atoms with Crippen molar-refractivity contribution in [2.24, 2.45) is 11.7 Å². The lowest BCUT2D eigenvalue weighted by Crippen LogP contribution is -2.31. The zero-order chi connectivity index (χ0) is 12.3. The number of ketones is 1. The fourth-order valence-electron chi connectivity index (χ4n) is 2.65. The van der Waals surface area contributed by atoms with Crippen molar-refractivity contribution in [3.63, 3.8) is 0 Å². The van der Waals surface area contributed by atoms with Crippen molar-refractivity contribution in [1.29, 1.82) is 0 Å². The van der Waals surface area contributed by atoms with Crippen LogP contribution in [-0.4, -0.2) is 11.8 Å². The largest absolute Gasteiger partial charge is 0.328 e. The van der Waals surface area contributed by atoms with Gasteiger partial charge in [0.15, 0.2) is 5.78 Å². The van der Waals surface area contributed by atoms with Gasteiger partial charge in [-0.25, -0.2) is 0 Å². The number of hydrogen-bond acceptors (Lipinski definition) is 2. The number of carbonyl (C=O) groups excluding carboxylic acids is 1. The van der Waals surface area contributed by atoms with Gasteiger partial charge in [-0.3, -0.25) is 4.79 Å². The van der Waals surface area contributed by atoms with Crippen LogP contribution in [0.3, 0.4) is 0 Å². The predicted octanol–water partition coefficient (Wildman–Crippen LogP) is 2.95. The molecule has 92 valence electrons. The third kappa shape index (κ3) is 2.95. The maximum atomic E-state index is 12.4. The number of aryl methyl sites for hydroxylation is 1. The molecule has 0 saturated heterocycles. The van der Waals surface area contributed by atoms with Gasteiger partial charge in [0.2, 0.25) is 0 Å². The van der Waals surface area contributed by atoms with E-state index in [0.29, 0.717) is 0 Å². The Labute approximate surface area is 103 Å². The average molecular weight is 231 g/mol. The van der Waals surface area contributed by atoms with Crippen molar-refractivity contribution in [1.82, 2.24) is 0 Å². The van der Waals surface area contributed by atoms with Crippen LogP contribution in [0.2, 0.25) is 0 Å². The molecule has 0 bridgehead atoms. The normalized spacial score (nSPS) is 24.6. The quantitative estimate of drug-likeness (QED) is 0.813. The van der Waals surface area contributed by atoms with E-state index in [1.54, 1.807) is 0 Å². The van der Waals surface area contributed by atoms with E-state index in [-0.39, 0.29) is 17.7 Å². The number of carbonyl (C=O) groups is 1. The number of hydrogen-bond donors (Lipinski definition) is 1. The Kier molecular flexibility index (Phi) is 3.95. The molecule has 0 radical (unpaired) electrons. The molecule has 1 saturated carbocycles. The third-order valence-electron chi connectivity index (χ3n) is 3.71. The first-order valence-electron chi connectivity index (χ1n) is 6.59. The van der Waals surface area contributed by atoms with Crippen molar-refractivity contribution < 1.29 is 4.79 Å². The van der Waals surface area contributed by atoms with Crippen LogP contribution in [0.1, 0.15) is 48.5 Å². The molecule has 0 heterocycles. The second kappa shape index (κ2) is 5.46. The van der Waals surface area contributed by atoms with Crippen LogP contribution in [0.15, 0.2) is 24.3 Å². The number of Topliss-reactive ketones (excluding diaryl/α,β-unsaturated/α-hetero) is 1. The SMILES string of the molecule is CCc1cccc(C(=O)C2CCCC(N)C2)c1. The summed E-state index contributed by atoms with van der Waals surface area (Å²) in [5.41, 5.74) is 8.04. The summed E-state index contributed by atoms with van der Waals surface area (Å²) in [5, 5.41) is 0. The smallest absolute Gasteiger partial charge is 0.166 e. The first-order valence-corrected chi connectivity index (χ1v) is 6.59. The summed E-state index contributed by atoms with van der Waals surface area (Å²) in [6.45, 7) is 2.11. The molecule has 0 amide bonds. The lowest BCUT2D eigenvalue weighted by Gasteiger charge is -2.25. The fraction of sp³-hybridized carbons (Fsp3) is 0.533. The van der Waals surface area contributed by atoms with Crippen molar-refractivity contribution in [2.45, 2.75) is 45.1 Å². The summed E-state index contributed by atoms with van der Waals surface area (Å²) < 4.78 is 0. The minimum atomic E-state index is 0.144. The molecule has 0 aliphatic heterocycles. The van der Waals surface area contributed by atoms with Gasteiger partial charge in [0.25, 0.3) is 0 Å². The van der Waals surface area contributed by atoms with E-state index >= 15 is 0 Å². The van der Waals surface area contributed by atoms with E-state index in [2.05, 4.69) is 13.0 Å². The van der Waals surface area contributed by atoms with Gasteiger partial charge in [-0.2, -0.15) is 0 Å². The van der Waals surface area contributed by atoms with Gasteiger partial charge in [0, 0.05) is 17.5 Å². The molecule has 2 nitrogen and oxygen atoms in total. The highest BCUT2D eigenvalue weighted by molar-refractivity contribution is 5.98. The van der Waals surface area contributed by atoms with Gasteiger partial charge in [-0.15, -0.1) is 0 Å². The molecule has 0 spiro atoms. The van der Waals surface area contributed by atoms with Crippen LogP contribution in [0.25, 0.3) is 0 Å². The molecule has 1 aliphatic carbocycles. The predicted molar refractivity (Wildman–Crippen MR) is 70.1 cm³/mol. The van der Waals surface area contributed by atoms with E-state index in [4.69, 9.17) is 5.73 Å². The molecular formula is C15H21NO. The van der Waals surface area contributed by atoms with E-state index in [0.717, 1.165) is 37.7 Å². The highest BCUT2D eigenvalue weighted by atomic mass is 16.1. The molecule has 2 unspecified atom stereocenters. The summed E-state index contributed by atoms with van der Waals surface area (Å²) >= 11 is 0. The Morgan fingerprint density at radius 1 is 1.41 bits per heavy atom. The van der Waals surface area contributed by atoms with Crippen LogP contribution in [-0.2, 0) is 6.42 Å². The maximum Gasteiger partial charge on any atom is 0.166 e. The molecule has 2 atom stereocenters. The molecule has 1 aromatic carbocycles. The number of rotatable bonds is 3. The van der Waals surface area contributed by atoms with Crippen LogP contribution in [0, 0.1) is 5.92 Å². The summed E-state index contributed by atoms with van der Waals surface area (Å²) in [7, 11) is 0. The highest BCUT2D eigenvalue weighted by Gasteiger charge is 2.26. The lowest BCUT2D eigenvalue weighted by atomic mass is 9.81. The topological polar surface area (TPSA) is 43.1 Å². The molecule has 0 aromatic heterocycles. The monoisotopic (exact) mass is 231 g/mol. The molecular weight excluding hydrogens is 210 g/mol. The van der Waals surface area contributed by atoms with Crippen molar-refractivity contribution in [3.8, 4) is 0 Å². The second-order valence-electron chi connectivity index (χ2n) is 5.04. The van der Waals surface area contributed by atoms with Crippen molar-refractivity contribution >= 4 is 5.78 Å². The molecule has 2 N–H and O–H groups in total.